The number of amides is 2. The normalized spacial score (nSPS) is 15.9. The van der Waals surface area contributed by atoms with E-state index in [2.05, 4.69) is 22.0 Å². The summed E-state index contributed by atoms with van der Waals surface area (Å²) < 4.78 is 30.2. The molecule has 2 aromatic carbocycles. The number of allylic oxidation sites excluding steroid dienone is 1. The van der Waals surface area contributed by atoms with Gasteiger partial charge in [-0.25, -0.2) is 9.18 Å². The van der Waals surface area contributed by atoms with Gasteiger partial charge in [0.1, 0.15) is 5.82 Å². The molecule has 0 fully saturated rings. The van der Waals surface area contributed by atoms with E-state index in [-0.39, 0.29) is 18.5 Å². The largest absolute Gasteiger partial charge is 0.493 e. The van der Waals surface area contributed by atoms with Crippen LogP contribution < -0.4 is 14.8 Å². The predicted octanol–water partition coefficient (Wildman–Crippen LogP) is 4.58. The van der Waals surface area contributed by atoms with Crippen LogP contribution >= 0.6 is 0 Å². The average Bonchev–Trinajstić information content (AvgIpc) is 3.30. The van der Waals surface area contributed by atoms with Crippen LogP contribution in [0.15, 0.2) is 65.3 Å². The molecule has 0 bridgehead atoms. The van der Waals surface area contributed by atoms with E-state index in [9.17, 15) is 9.18 Å². The van der Waals surface area contributed by atoms with Crippen molar-refractivity contribution in [3.05, 3.63) is 78.1 Å². The van der Waals surface area contributed by atoms with Gasteiger partial charge in [-0.05, 0) is 42.8 Å². The number of aromatic nitrogens is 2. The first-order chi connectivity index (χ1) is 16.0. The molecule has 9 heteroatoms. The fourth-order valence-electron chi connectivity index (χ4n) is 3.77. The third kappa shape index (κ3) is 4.17. The smallest absolute Gasteiger partial charge is 0.322 e. The van der Waals surface area contributed by atoms with Crippen LogP contribution in [0.3, 0.4) is 0 Å². The van der Waals surface area contributed by atoms with E-state index in [1.807, 2.05) is 0 Å². The summed E-state index contributed by atoms with van der Waals surface area (Å²) in [5.41, 5.74) is 2.39. The fourth-order valence-corrected chi connectivity index (χ4v) is 3.77. The summed E-state index contributed by atoms with van der Waals surface area (Å²) in [4.78, 5) is 18.8. The Hall–Kier alpha value is -4.14. The Bertz CT molecular complexity index is 1240. The number of methoxy groups -OCH3 is 2. The summed E-state index contributed by atoms with van der Waals surface area (Å²) in [5.74, 6) is 1.22. The second kappa shape index (κ2) is 9.15. The molecule has 1 aliphatic heterocycles. The fraction of sp³-hybridized carbons (Fsp3) is 0.208. The van der Waals surface area contributed by atoms with E-state index < -0.39 is 11.9 Å². The van der Waals surface area contributed by atoms with Crippen molar-refractivity contribution in [1.29, 1.82) is 0 Å². The van der Waals surface area contributed by atoms with E-state index in [1.54, 1.807) is 57.6 Å². The van der Waals surface area contributed by atoms with Gasteiger partial charge in [-0.15, -0.1) is 6.58 Å². The van der Waals surface area contributed by atoms with Crippen molar-refractivity contribution >= 4 is 11.6 Å². The summed E-state index contributed by atoms with van der Waals surface area (Å²) >= 11 is 0. The molecule has 1 aromatic heterocycles. The molecule has 3 aromatic rings. The topological polar surface area (TPSA) is 89.7 Å². The number of urea groups is 1. The minimum Gasteiger partial charge on any atom is -0.493 e. The molecule has 2 amide bonds. The van der Waals surface area contributed by atoms with Crippen molar-refractivity contribution in [2.24, 2.45) is 0 Å². The Balaban J connectivity index is 1.81. The molecule has 2 heterocycles. The van der Waals surface area contributed by atoms with Gasteiger partial charge in [0, 0.05) is 17.8 Å². The van der Waals surface area contributed by atoms with E-state index >= 15 is 0 Å². The molecule has 1 atom stereocenters. The number of ether oxygens (including phenoxy) is 2. The zero-order valence-electron chi connectivity index (χ0n) is 18.5. The minimum absolute atomic E-state index is 0.209. The van der Waals surface area contributed by atoms with E-state index in [1.165, 1.54) is 17.0 Å². The molecule has 1 aliphatic rings. The lowest BCUT2D eigenvalue weighted by Crippen LogP contribution is -2.46. The van der Waals surface area contributed by atoms with Crippen molar-refractivity contribution in [2.75, 3.05) is 20.8 Å². The first kappa shape index (κ1) is 22.1. The molecule has 0 spiro atoms. The second-order valence-corrected chi connectivity index (χ2v) is 7.33. The molecule has 0 radical (unpaired) electrons. The van der Waals surface area contributed by atoms with Crippen LogP contribution in [0.1, 0.15) is 24.4 Å². The number of hydrogen-bond donors (Lipinski definition) is 1. The van der Waals surface area contributed by atoms with Crippen molar-refractivity contribution < 1.29 is 23.2 Å². The SMILES string of the molecule is C=CCN1C(=O)NC(c2cccc(F)c2)C(c2nc(-c3ccc(OC)c(OC)c3)no2)=C1C. The highest BCUT2D eigenvalue weighted by molar-refractivity contribution is 5.87. The number of hydrogen-bond acceptors (Lipinski definition) is 6. The van der Waals surface area contributed by atoms with Crippen LogP contribution in [0, 0.1) is 5.82 Å². The van der Waals surface area contributed by atoms with E-state index in [4.69, 9.17) is 14.0 Å². The molecule has 1 unspecified atom stereocenters. The summed E-state index contributed by atoms with van der Waals surface area (Å²) in [5, 5.41) is 7.03. The van der Waals surface area contributed by atoms with Gasteiger partial charge in [0.2, 0.25) is 5.82 Å². The summed E-state index contributed by atoms with van der Waals surface area (Å²) in [6.45, 7) is 5.78. The first-order valence-corrected chi connectivity index (χ1v) is 10.2. The maximum absolute atomic E-state index is 14.0. The zero-order valence-corrected chi connectivity index (χ0v) is 18.5. The Morgan fingerprint density at radius 1 is 1.21 bits per heavy atom. The van der Waals surface area contributed by atoms with E-state index in [0.29, 0.717) is 39.7 Å². The molecule has 33 heavy (non-hydrogen) atoms. The third-order valence-electron chi connectivity index (χ3n) is 5.39. The van der Waals surface area contributed by atoms with Crippen molar-refractivity contribution in [3.8, 4) is 22.9 Å². The Morgan fingerprint density at radius 3 is 2.70 bits per heavy atom. The summed E-state index contributed by atoms with van der Waals surface area (Å²) in [6.07, 6.45) is 1.62. The predicted molar refractivity (Wildman–Crippen MR) is 120 cm³/mol. The van der Waals surface area contributed by atoms with Crippen LogP contribution in [-0.2, 0) is 0 Å². The molecule has 1 N–H and O–H groups in total. The molecule has 170 valence electrons. The van der Waals surface area contributed by atoms with Gasteiger partial charge in [0.25, 0.3) is 5.89 Å². The number of carbonyl (C=O) groups is 1. The van der Waals surface area contributed by atoms with E-state index in [0.717, 1.165) is 0 Å². The number of benzene rings is 2. The highest BCUT2D eigenvalue weighted by Gasteiger charge is 2.35. The lowest BCUT2D eigenvalue weighted by molar-refractivity contribution is 0.209. The van der Waals surface area contributed by atoms with Gasteiger partial charge < -0.3 is 19.3 Å². The molecule has 0 saturated heterocycles. The molecule has 8 nitrogen and oxygen atoms in total. The Kier molecular flexibility index (Phi) is 6.12. The molecule has 4 rings (SSSR count). The third-order valence-corrected chi connectivity index (χ3v) is 5.39. The zero-order chi connectivity index (χ0) is 23.5. The quantitative estimate of drug-likeness (QED) is 0.530. The maximum atomic E-state index is 14.0. The van der Waals surface area contributed by atoms with Crippen molar-refractivity contribution in [3.63, 3.8) is 0 Å². The van der Waals surface area contributed by atoms with Gasteiger partial charge >= 0.3 is 6.03 Å². The molecular weight excluding hydrogens is 427 g/mol. The van der Waals surface area contributed by atoms with Gasteiger partial charge in [0.05, 0.1) is 25.8 Å². The Morgan fingerprint density at radius 2 is 2.00 bits per heavy atom. The molecule has 0 aliphatic carbocycles. The lowest BCUT2D eigenvalue weighted by Gasteiger charge is -2.34. The van der Waals surface area contributed by atoms with Crippen molar-refractivity contribution in [1.82, 2.24) is 20.4 Å². The average molecular weight is 450 g/mol. The standard InChI is InChI=1S/C24H23FN4O4/c1-5-11-29-14(2)20(21(26-24(29)30)15-7-6-8-17(25)12-15)23-27-22(28-33-23)16-9-10-18(31-3)19(13-16)32-4/h5-10,12-13,21H,1,11H2,2-4H3,(H,26,30). The maximum Gasteiger partial charge on any atom is 0.322 e. The number of carbonyl (C=O) groups excluding carboxylic acids is 1. The minimum atomic E-state index is -0.673. The monoisotopic (exact) mass is 450 g/mol. The van der Waals surface area contributed by atoms with Gasteiger partial charge in [-0.3, -0.25) is 4.90 Å². The Labute approximate surface area is 190 Å². The van der Waals surface area contributed by atoms with Crippen LogP contribution in [0.25, 0.3) is 17.0 Å². The number of nitrogens with one attached hydrogen (secondary N) is 1. The number of halogens is 1. The second-order valence-electron chi connectivity index (χ2n) is 7.33. The number of rotatable bonds is 7. The number of nitrogens with zero attached hydrogens (tertiary/aromatic N) is 3. The molecular formula is C24H23FN4O4. The van der Waals surface area contributed by atoms with Crippen LogP contribution in [0.4, 0.5) is 9.18 Å². The van der Waals surface area contributed by atoms with Crippen LogP contribution in [0.5, 0.6) is 11.5 Å². The van der Waals surface area contributed by atoms with Gasteiger partial charge in [-0.2, -0.15) is 4.98 Å². The van der Waals surface area contributed by atoms with Crippen LogP contribution in [-0.4, -0.2) is 41.8 Å². The first-order valence-electron chi connectivity index (χ1n) is 10.2. The van der Waals surface area contributed by atoms with Gasteiger partial charge in [0.15, 0.2) is 11.5 Å². The highest BCUT2D eigenvalue weighted by Crippen LogP contribution is 2.38. The van der Waals surface area contributed by atoms with Crippen molar-refractivity contribution in [2.45, 2.75) is 13.0 Å². The summed E-state index contributed by atoms with van der Waals surface area (Å²) in [6, 6.07) is 10.3. The summed E-state index contributed by atoms with van der Waals surface area (Å²) in [7, 11) is 3.10. The molecule has 0 saturated carbocycles. The lowest BCUT2D eigenvalue weighted by atomic mass is 9.94. The van der Waals surface area contributed by atoms with Gasteiger partial charge in [-0.1, -0.05) is 23.4 Å². The van der Waals surface area contributed by atoms with Crippen LogP contribution in [0.2, 0.25) is 0 Å². The highest BCUT2D eigenvalue weighted by atomic mass is 19.1.